The zero-order valence-corrected chi connectivity index (χ0v) is 12.2. The smallest absolute Gasteiger partial charge is 0.344 e. The van der Waals surface area contributed by atoms with Crippen molar-refractivity contribution >= 4 is 16.9 Å². The van der Waals surface area contributed by atoms with Crippen LogP contribution in [0.2, 0.25) is 0 Å². The van der Waals surface area contributed by atoms with E-state index in [4.69, 9.17) is 9.47 Å². The Morgan fingerprint density at radius 1 is 1.09 bits per heavy atom. The van der Waals surface area contributed by atoms with Crippen molar-refractivity contribution < 1.29 is 18.7 Å². The normalized spacial score (nSPS) is 10.7. The van der Waals surface area contributed by atoms with Gasteiger partial charge >= 0.3 is 5.97 Å². The number of ether oxygens (including phenoxy) is 2. The fraction of sp³-hybridized carbons (Fsp3) is 0.118. The fourth-order valence-electron chi connectivity index (χ4n) is 2.40. The first-order valence-corrected chi connectivity index (χ1v) is 6.71. The van der Waals surface area contributed by atoms with E-state index in [1.807, 2.05) is 24.3 Å². The highest BCUT2D eigenvalue weighted by Crippen LogP contribution is 2.34. The fourth-order valence-corrected chi connectivity index (χ4v) is 2.40. The molecule has 0 N–H and O–H groups in total. The number of aromatic nitrogens is 1. The molecule has 3 aromatic rings. The zero-order chi connectivity index (χ0) is 15.7. The molecule has 22 heavy (non-hydrogen) atoms. The number of aryl methyl sites for hydroxylation is 1. The van der Waals surface area contributed by atoms with Gasteiger partial charge in [-0.1, -0.05) is 18.2 Å². The number of benzene rings is 2. The quantitative estimate of drug-likeness (QED) is 0.689. The van der Waals surface area contributed by atoms with Crippen LogP contribution in [0.1, 0.15) is 10.4 Å². The van der Waals surface area contributed by atoms with E-state index in [2.05, 4.69) is 0 Å². The number of esters is 1. The maximum Gasteiger partial charge on any atom is 0.344 e. The van der Waals surface area contributed by atoms with Crippen molar-refractivity contribution in [2.45, 2.75) is 0 Å². The molecule has 0 saturated heterocycles. The van der Waals surface area contributed by atoms with Gasteiger partial charge in [0.2, 0.25) is 5.88 Å². The monoisotopic (exact) mass is 299 g/mol. The maximum absolute atomic E-state index is 13.0. The third-order valence-electron chi connectivity index (χ3n) is 3.47. The van der Waals surface area contributed by atoms with Crippen LogP contribution in [0.3, 0.4) is 0 Å². The molecule has 0 aliphatic heterocycles. The van der Waals surface area contributed by atoms with E-state index >= 15 is 0 Å². The van der Waals surface area contributed by atoms with Crippen LogP contribution in [0.5, 0.6) is 11.6 Å². The summed E-state index contributed by atoms with van der Waals surface area (Å²) in [6.45, 7) is 0. The van der Waals surface area contributed by atoms with Gasteiger partial charge in [0.15, 0.2) is 0 Å². The van der Waals surface area contributed by atoms with Gasteiger partial charge in [0.1, 0.15) is 17.1 Å². The van der Waals surface area contributed by atoms with E-state index in [9.17, 15) is 9.18 Å². The lowest BCUT2D eigenvalue weighted by molar-refractivity contribution is 0.0599. The Hall–Kier alpha value is -2.82. The lowest BCUT2D eigenvalue weighted by atomic mass is 10.2. The van der Waals surface area contributed by atoms with Gasteiger partial charge in [-0.15, -0.1) is 0 Å². The SMILES string of the molecule is COC(=O)c1c(Oc2ccc(F)cc2)n(C)c2ccccc12. The summed E-state index contributed by atoms with van der Waals surface area (Å²) >= 11 is 0. The van der Waals surface area contributed by atoms with Crippen LogP contribution in [0, 0.1) is 5.82 Å². The molecule has 5 heteroatoms. The van der Waals surface area contributed by atoms with Crippen LogP contribution in [0.25, 0.3) is 10.9 Å². The summed E-state index contributed by atoms with van der Waals surface area (Å²) in [7, 11) is 3.12. The summed E-state index contributed by atoms with van der Waals surface area (Å²) in [5, 5.41) is 0.744. The molecular formula is C17H14FNO3. The second kappa shape index (κ2) is 5.52. The van der Waals surface area contributed by atoms with Gasteiger partial charge in [-0.05, 0) is 30.3 Å². The van der Waals surface area contributed by atoms with Crippen molar-refractivity contribution in [1.82, 2.24) is 4.57 Å². The Labute approximate surface area is 126 Å². The number of carbonyl (C=O) groups excluding carboxylic acids is 1. The molecule has 0 bridgehead atoms. The lowest BCUT2D eigenvalue weighted by Gasteiger charge is -2.09. The lowest BCUT2D eigenvalue weighted by Crippen LogP contribution is -2.04. The van der Waals surface area contributed by atoms with Crippen LogP contribution in [0.15, 0.2) is 48.5 Å². The topological polar surface area (TPSA) is 40.5 Å². The summed E-state index contributed by atoms with van der Waals surface area (Å²) in [5.74, 6) is -0.0244. The van der Waals surface area contributed by atoms with Gasteiger partial charge < -0.3 is 14.0 Å². The van der Waals surface area contributed by atoms with Crippen LogP contribution >= 0.6 is 0 Å². The van der Waals surface area contributed by atoms with Crippen LogP contribution in [-0.2, 0) is 11.8 Å². The van der Waals surface area contributed by atoms with E-state index < -0.39 is 5.97 Å². The predicted octanol–water partition coefficient (Wildman–Crippen LogP) is 3.90. The van der Waals surface area contributed by atoms with Crippen molar-refractivity contribution in [3.63, 3.8) is 0 Å². The molecule has 1 heterocycles. The number of hydrogen-bond donors (Lipinski definition) is 0. The Morgan fingerprint density at radius 2 is 1.77 bits per heavy atom. The minimum Gasteiger partial charge on any atom is -0.465 e. The predicted molar refractivity (Wildman–Crippen MR) is 80.7 cm³/mol. The van der Waals surface area contributed by atoms with E-state index in [1.165, 1.54) is 31.4 Å². The standard InChI is InChI=1S/C17H14FNO3/c1-19-14-6-4-3-5-13(14)15(17(20)21-2)16(19)22-12-9-7-11(18)8-10-12/h3-10H,1-2H3. The first-order valence-electron chi connectivity index (χ1n) is 6.71. The largest absolute Gasteiger partial charge is 0.465 e. The van der Waals surface area contributed by atoms with Crippen LogP contribution in [-0.4, -0.2) is 17.6 Å². The summed E-state index contributed by atoms with van der Waals surface area (Å²) in [6.07, 6.45) is 0. The number of methoxy groups -OCH3 is 1. The minimum atomic E-state index is -0.478. The van der Waals surface area contributed by atoms with Gasteiger partial charge in [-0.3, -0.25) is 0 Å². The molecule has 0 aliphatic carbocycles. The number of fused-ring (bicyclic) bond motifs is 1. The van der Waals surface area contributed by atoms with Crippen molar-refractivity contribution in [1.29, 1.82) is 0 Å². The van der Waals surface area contributed by atoms with Gasteiger partial charge in [0.25, 0.3) is 0 Å². The summed E-state index contributed by atoms with van der Waals surface area (Å²) < 4.78 is 25.4. The number of hydrogen-bond acceptors (Lipinski definition) is 3. The molecule has 2 aromatic carbocycles. The molecule has 0 aliphatic rings. The van der Waals surface area contributed by atoms with Crippen molar-refractivity contribution in [3.8, 4) is 11.6 Å². The summed E-state index contributed by atoms with van der Waals surface area (Å²) in [4.78, 5) is 12.1. The Morgan fingerprint density at radius 3 is 2.45 bits per heavy atom. The average molecular weight is 299 g/mol. The number of rotatable bonds is 3. The number of carbonyl (C=O) groups is 1. The van der Waals surface area contributed by atoms with Gasteiger partial charge in [-0.2, -0.15) is 0 Å². The molecule has 0 saturated carbocycles. The number of nitrogens with zero attached hydrogens (tertiary/aromatic N) is 1. The molecule has 0 radical (unpaired) electrons. The zero-order valence-electron chi connectivity index (χ0n) is 12.2. The third kappa shape index (κ3) is 2.30. The van der Waals surface area contributed by atoms with E-state index in [0.717, 1.165) is 10.9 Å². The third-order valence-corrected chi connectivity index (χ3v) is 3.47. The van der Waals surface area contributed by atoms with Crippen molar-refractivity contribution in [3.05, 3.63) is 59.9 Å². The van der Waals surface area contributed by atoms with Gasteiger partial charge in [-0.25, -0.2) is 9.18 Å². The molecule has 0 unspecified atom stereocenters. The van der Waals surface area contributed by atoms with E-state index in [-0.39, 0.29) is 5.82 Å². The minimum absolute atomic E-state index is 0.349. The number of halogens is 1. The second-order valence-corrected chi connectivity index (χ2v) is 4.80. The highest BCUT2D eigenvalue weighted by atomic mass is 19.1. The van der Waals surface area contributed by atoms with Gasteiger partial charge in [0, 0.05) is 12.4 Å². The molecule has 1 aromatic heterocycles. The molecule has 4 nitrogen and oxygen atoms in total. The summed E-state index contributed by atoms with van der Waals surface area (Å²) in [6, 6.07) is 13.1. The first-order chi connectivity index (χ1) is 10.6. The molecule has 0 spiro atoms. The van der Waals surface area contributed by atoms with Crippen molar-refractivity contribution in [2.24, 2.45) is 7.05 Å². The van der Waals surface area contributed by atoms with E-state index in [1.54, 1.807) is 11.6 Å². The van der Waals surface area contributed by atoms with Gasteiger partial charge in [0.05, 0.1) is 12.6 Å². The average Bonchev–Trinajstić information content (AvgIpc) is 2.82. The van der Waals surface area contributed by atoms with Crippen LogP contribution < -0.4 is 4.74 Å². The first kappa shape index (κ1) is 14.1. The highest BCUT2D eigenvalue weighted by molar-refractivity contribution is 6.07. The molecular weight excluding hydrogens is 285 g/mol. The number of para-hydroxylation sites is 1. The maximum atomic E-state index is 13.0. The van der Waals surface area contributed by atoms with Crippen LogP contribution in [0.4, 0.5) is 4.39 Å². The molecule has 112 valence electrons. The molecule has 0 fully saturated rings. The second-order valence-electron chi connectivity index (χ2n) is 4.80. The highest BCUT2D eigenvalue weighted by Gasteiger charge is 2.23. The Kier molecular flexibility index (Phi) is 3.55. The Bertz CT molecular complexity index is 837. The van der Waals surface area contributed by atoms with E-state index in [0.29, 0.717) is 17.2 Å². The molecule has 3 rings (SSSR count). The Balaban J connectivity index is 2.17. The van der Waals surface area contributed by atoms with Crippen molar-refractivity contribution in [2.75, 3.05) is 7.11 Å². The molecule has 0 atom stereocenters. The molecule has 0 amide bonds. The summed E-state index contributed by atoms with van der Waals surface area (Å²) in [5.41, 5.74) is 1.20.